The van der Waals surface area contributed by atoms with Crippen LogP contribution in [0.2, 0.25) is 0 Å². The zero-order chi connectivity index (χ0) is 15.4. The van der Waals surface area contributed by atoms with E-state index in [1.54, 1.807) is 22.3 Å². The number of rotatable bonds is 5. The van der Waals surface area contributed by atoms with Crippen LogP contribution in [0, 0.1) is 0 Å². The Bertz CT molecular complexity index is 745. The van der Waals surface area contributed by atoms with Gasteiger partial charge in [0.25, 0.3) is 0 Å². The Kier molecular flexibility index (Phi) is 6.33. The van der Waals surface area contributed by atoms with Crippen LogP contribution >= 0.6 is 35.3 Å². The van der Waals surface area contributed by atoms with Crippen molar-refractivity contribution in [1.82, 2.24) is 34.8 Å². The molecular weight excluding hydrogens is 427 g/mol. The number of nitrogens with one attached hydrogen (secondary N) is 2. The molecule has 0 bridgehead atoms. The van der Waals surface area contributed by atoms with Gasteiger partial charge >= 0.3 is 0 Å². The molecule has 3 rings (SSSR count). The number of hydrogen-bond donors (Lipinski definition) is 2. The van der Waals surface area contributed by atoms with E-state index < -0.39 is 0 Å². The summed E-state index contributed by atoms with van der Waals surface area (Å²) >= 11 is 1.62. The molecule has 3 aromatic rings. The van der Waals surface area contributed by atoms with Crippen LogP contribution in [0.25, 0.3) is 4.96 Å². The lowest BCUT2D eigenvalue weighted by molar-refractivity contribution is 0.673. The van der Waals surface area contributed by atoms with Crippen LogP contribution in [0.5, 0.6) is 0 Å². The van der Waals surface area contributed by atoms with E-state index in [0.29, 0.717) is 13.1 Å². The molecule has 3 aromatic heterocycles. The fourth-order valence-electron chi connectivity index (χ4n) is 2.00. The zero-order valence-corrected chi connectivity index (χ0v) is 16.1. The molecule has 0 aliphatic carbocycles. The number of hydrogen-bond acceptors (Lipinski definition) is 5. The van der Waals surface area contributed by atoms with Gasteiger partial charge in [-0.25, -0.2) is 15.0 Å². The second-order valence-corrected chi connectivity index (χ2v) is 5.55. The first-order chi connectivity index (χ1) is 10.8. The lowest BCUT2D eigenvalue weighted by atomic mass is 10.5. The maximum absolute atomic E-state index is 4.55. The van der Waals surface area contributed by atoms with Crippen LogP contribution in [0.3, 0.4) is 0 Å². The van der Waals surface area contributed by atoms with Crippen LogP contribution < -0.4 is 10.6 Å². The highest BCUT2D eigenvalue weighted by atomic mass is 127. The minimum absolute atomic E-state index is 0. The second-order valence-electron chi connectivity index (χ2n) is 4.67. The van der Waals surface area contributed by atoms with Crippen LogP contribution in [0.1, 0.15) is 18.4 Å². The molecule has 124 valence electrons. The van der Waals surface area contributed by atoms with E-state index >= 15 is 0 Å². The molecule has 23 heavy (non-hydrogen) atoms. The third-order valence-corrected chi connectivity index (χ3v) is 3.88. The number of fused-ring (bicyclic) bond motifs is 1. The smallest absolute Gasteiger partial charge is 0.193 e. The van der Waals surface area contributed by atoms with Gasteiger partial charge in [0.05, 0.1) is 18.8 Å². The third kappa shape index (κ3) is 4.41. The monoisotopic (exact) mass is 446 g/mol. The summed E-state index contributed by atoms with van der Waals surface area (Å²) in [7, 11) is 1.87. The highest BCUT2D eigenvalue weighted by Crippen LogP contribution is 2.11. The normalized spacial score (nSPS) is 11.5. The van der Waals surface area contributed by atoms with Crippen LogP contribution in [0.4, 0.5) is 0 Å². The Hall–Kier alpha value is -1.69. The van der Waals surface area contributed by atoms with Crippen molar-refractivity contribution in [2.24, 2.45) is 12.0 Å². The Balaban J connectivity index is 0.00000192. The van der Waals surface area contributed by atoms with Crippen molar-refractivity contribution in [3.05, 3.63) is 35.6 Å². The van der Waals surface area contributed by atoms with E-state index in [4.69, 9.17) is 0 Å². The molecule has 0 spiro atoms. The largest absolute Gasteiger partial charge is 0.357 e. The van der Waals surface area contributed by atoms with Crippen molar-refractivity contribution < 1.29 is 0 Å². The van der Waals surface area contributed by atoms with E-state index in [1.807, 2.05) is 36.1 Å². The van der Waals surface area contributed by atoms with Gasteiger partial charge in [-0.2, -0.15) is 5.10 Å². The van der Waals surface area contributed by atoms with Crippen molar-refractivity contribution in [3.8, 4) is 0 Å². The summed E-state index contributed by atoms with van der Waals surface area (Å²) in [4.78, 5) is 14.2. The zero-order valence-electron chi connectivity index (χ0n) is 12.9. The molecule has 0 aromatic carbocycles. The molecular formula is C13H19IN8S. The van der Waals surface area contributed by atoms with Gasteiger partial charge in [-0.1, -0.05) is 0 Å². The SMILES string of the molecule is CCNC(=NCc1cn2ccsc2n1)NCc1ncnn1C.I. The molecule has 2 N–H and O–H groups in total. The lowest BCUT2D eigenvalue weighted by Crippen LogP contribution is -2.37. The van der Waals surface area contributed by atoms with E-state index in [1.165, 1.54) is 0 Å². The van der Waals surface area contributed by atoms with Gasteiger partial charge in [0, 0.05) is 31.4 Å². The molecule has 0 saturated heterocycles. The highest BCUT2D eigenvalue weighted by molar-refractivity contribution is 14.0. The molecule has 0 unspecified atom stereocenters. The fourth-order valence-corrected chi connectivity index (χ4v) is 2.72. The number of aromatic nitrogens is 5. The first-order valence-corrected chi connectivity index (χ1v) is 7.90. The van der Waals surface area contributed by atoms with Gasteiger partial charge in [0.2, 0.25) is 0 Å². The molecule has 0 saturated carbocycles. The highest BCUT2D eigenvalue weighted by Gasteiger charge is 2.04. The van der Waals surface area contributed by atoms with E-state index in [0.717, 1.165) is 29.0 Å². The first-order valence-electron chi connectivity index (χ1n) is 7.02. The van der Waals surface area contributed by atoms with Crippen molar-refractivity contribution in [2.45, 2.75) is 20.0 Å². The van der Waals surface area contributed by atoms with Gasteiger partial charge in [0.15, 0.2) is 10.9 Å². The van der Waals surface area contributed by atoms with Gasteiger partial charge in [-0.05, 0) is 6.92 Å². The predicted molar refractivity (Wildman–Crippen MR) is 101 cm³/mol. The van der Waals surface area contributed by atoms with Crippen molar-refractivity contribution in [1.29, 1.82) is 0 Å². The van der Waals surface area contributed by atoms with Crippen LogP contribution in [-0.4, -0.2) is 36.7 Å². The Labute approximate surface area is 155 Å². The van der Waals surface area contributed by atoms with Crippen molar-refractivity contribution >= 4 is 46.2 Å². The summed E-state index contributed by atoms with van der Waals surface area (Å²) in [6.45, 7) is 3.93. The van der Waals surface area contributed by atoms with Crippen molar-refractivity contribution in [2.75, 3.05) is 6.54 Å². The van der Waals surface area contributed by atoms with Gasteiger partial charge in [-0.15, -0.1) is 35.3 Å². The fraction of sp³-hybridized carbons (Fsp3) is 0.385. The molecule has 3 heterocycles. The summed E-state index contributed by atoms with van der Waals surface area (Å²) in [5, 5.41) is 12.5. The lowest BCUT2D eigenvalue weighted by Gasteiger charge is -2.10. The Morgan fingerprint density at radius 2 is 2.26 bits per heavy atom. The van der Waals surface area contributed by atoms with Gasteiger partial charge < -0.3 is 10.6 Å². The topological polar surface area (TPSA) is 84.4 Å². The molecule has 0 fully saturated rings. The number of guanidine groups is 1. The molecule has 0 radical (unpaired) electrons. The number of thiazole rings is 1. The summed E-state index contributed by atoms with van der Waals surface area (Å²) in [6, 6.07) is 0. The van der Waals surface area contributed by atoms with E-state index in [-0.39, 0.29) is 24.0 Å². The standard InChI is InChI=1S/C13H18N8S.HI/c1-3-14-12(16-7-11-17-9-18-20(11)2)15-6-10-8-21-4-5-22-13(21)19-10;/h4-5,8-9H,3,6-7H2,1-2H3,(H2,14,15,16);1H. The summed E-state index contributed by atoms with van der Waals surface area (Å²) < 4.78 is 3.75. The van der Waals surface area contributed by atoms with Crippen LogP contribution in [-0.2, 0) is 20.1 Å². The number of aryl methyl sites for hydroxylation is 1. The summed E-state index contributed by atoms with van der Waals surface area (Å²) in [5.74, 6) is 1.59. The summed E-state index contributed by atoms with van der Waals surface area (Å²) in [5.41, 5.74) is 0.947. The van der Waals surface area contributed by atoms with E-state index in [2.05, 4.69) is 30.7 Å². The molecule has 0 aliphatic rings. The minimum Gasteiger partial charge on any atom is -0.357 e. The quantitative estimate of drug-likeness (QED) is 0.352. The van der Waals surface area contributed by atoms with Gasteiger partial charge in [0.1, 0.15) is 12.2 Å². The number of imidazole rings is 1. The summed E-state index contributed by atoms with van der Waals surface area (Å²) in [6.07, 6.45) is 5.54. The molecule has 8 nitrogen and oxygen atoms in total. The Morgan fingerprint density at radius 3 is 2.96 bits per heavy atom. The number of nitrogens with zero attached hydrogens (tertiary/aromatic N) is 6. The molecule has 0 atom stereocenters. The average Bonchev–Trinajstić information content (AvgIpc) is 3.18. The molecule has 10 heteroatoms. The second kappa shape index (κ2) is 8.24. The molecule has 0 amide bonds. The maximum atomic E-state index is 4.55. The van der Waals surface area contributed by atoms with Gasteiger partial charge in [-0.3, -0.25) is 9.08 Å². The number of aliphatic imine (C=N–C) groups is 1. The van der Waals surface area contributed by atoms with E-state index in [9.17, 15) is 0 Å². The third-order valence-electron chi connectivity index (χ3n) is 3.11. The van der Waals surface area contributed by atoms with Crippen LogP contribution in [0.15, 0.2) is 29.1 Å². The Morgan fingerprint density at radius 1 is 1.39 bits per heavy atom. The van der Waals surface area contributed by atoms with Crippen molar-refractivity contribution in [3.63, 3.8) is 0 Å². The number of halogens is 1. The maximum Gasteiger partial charge on any atom is 0.193 e. The minimum atomic E-state index is 0. The predicted octanol–water partition coefficient (Wildman–Crippen LogP) is 1.40. The molecule has 0 aliphatic heterocycles. The average molecular weight is 446 g/mol. The first kappa shape index (κ1) is 17.7.